The van der Waals surface area contributed by atoms with E-state index in [2.05, 4.69) is 24.0 Å². The number of nitrogens with zero attached hydrogens (tertiary/aromatic N) is 2. The number of hydrogen-bond acceptors (Lipinski definition) is 4. The smallest absolute Gasteiger partial charge is 0.127 e. The summed E-state index contributed by atoms with van der Waals surface area (Å²) in [6.45, 7) is 4.43. The molecule has 0 bridgehead atoms. The van der Waals surface area contributed by atoms with Crippen molar-refractivity contribution in [1.29, 1.82) is 0 Å². The van der Waals surface area contributed by atoms with Gasteiger partial charge in [-0.25, -0.2) is 0 Å². The molecular weight excluding hydrogens is 200 g/mol. The van der Waals surface area contributed by atoms with Crippen LogP contribution in [0.3, 0.4) is 0 Å². The number of thioether (sulfide) groups is 1. The Morgan fingerprint density at radius 2 is 2.23 bits per heavy atom. The van der Waals surface area contributed by atoms with Crippen molar-refractivity contribution >= 4 is 23.1 Å². The molecule has 13 heavy (non-hydrogen) atoms. The van der Waals surface area contributed by atoms with Crippen LogP contribution in [0.2, 0.25) is 0 Å². The van der Waals surface area contributed by atoms with Crippen LogP contribution in [-0.2, 0) is 5.75 Å². The van der Waals surface area contributed by atoms with Crippen LogP contribution in [0.1, 0.15) is 42.6 Å². The van der Waals surface area contributed by atoms with E-state index in [1.165, 1.54) is 22.9 Å². The molecule has 0 N–H and O–H groups in total. The standard InChI is InChI=1S/C9H14N2S2/c1-6(2)12-5-8-10-11-9(13-8)7-3-4-7/h6-7H,3-5H2,1-2H3. The molecule has 0 amide bonds. The van der Waals surface area contributed by atoms with E-state index in [1.807, 2.05) is 11.8 Å². The third-order valence-corrected chi connectivity index (χ3v) is 4.32. The minimum Gasteiger partial charge on any atom is -0.152 e. The molecule has 0 aromatic carbocycles. The van der Waals surface area contributed by atoms with Crippen LogP contribution in [0, 0.1) is 0 Å². The molecule has 1 aromatic heterocycles. The number of aromatic nitrogens is 2. The van der Waals surface area contributed by atoms with Crippen LogP contribution in [0.5, 0.6) is 0 Å². The fourth-order valence-electron chi connectivity index (χ4n) is 1.06. The van der Waals surface area contributed by atoms with Crippen molar-refractivity contribution in [2.45, 2.75) is 43.6 Å². The summed E-state index contributed by atoms with van der Waals surface area (Å²) < 4.78 is 0. The Balaban J connectivity index is 1.89. The van der Waals surface area contributed by atoms with Gasteiger partial charge in [0.25, 0.3) is 0 Å². The van der Waals surface area contributed by atoms with Crippen molar-refractivity contribution in [3.05, 3.63) is 10.0 Å². The number of hydrogen-bond donors (Lipinski definition) is 0. The van der Waals surface area contributed by atoms with E-state index in [0.717, 1.165) is 11.7 Å². The van der Waals surface area contributed by atoms with Gasteiger partial charge in [-0.2, -0.15) is 11.8 Å². The molecule has 1 aliphatic rings. The van der Waals surface area contributed by atoms with Gasteiger partial charge in [0.2, 0.25) is 0 Å². The van der Waals surface area contributed by atoms with Crippen LogP contribution < -0.4 is 0 Å². The molecule has 0 saturated heterocycles. The molecule has 1 heterocycles. The van der Waals surface area contributed by atoms with Crippen molar-refractivity contribution in [1.82, 2.24) is 10.2 Å². The maximum Gasteiger partial charge on any atom is 0.127 e. The van der Waals surface area contributed by atoms with Gasteiger partial charge in [-0.05, 0) is 18.1 Å². The van der Waals surface area contributed by atoms with Crippen molar-refractivity contribution in [3.63, 3.8) is 0 Å². The fraction of sp³-hybridized carbons (Fsp3) is 0.778. The van der Waals surface area contributed by atoms with Crippen molar-refractivity contribution in [2.24, 2.45) is 0 Å². The van der Waals surface area contributed by atoms with Crippen LogP contribution in [0.25, 0.3) is 0 Å². The van der Waals surface area contributed by atoms with Gasteiger partial charge in [0.15, 0.2) is 0 Å². The minimum absolute atomic E-state index is 0.688. The Hall–Kier alpha value is -0.0900. The topological polar surface area (TPSA) is 25.8 Å². The van der Waals surface area contributed by atoms with E-state index < -0.39 is 0 Å². The molecule has 1 aliphatic carbocycles. The molecule has 0 aliphatic heterocycles. The van der Waals surface area contributed by atoms with Crippen molar-refractivity contribution in [3.8, 4) is 0 Å². The molecule has 0 radical (unpaired) electrons. The Kier molecular flexibility index (Phi) is 2.89. The van der Waals surface area contributed by atoms with Gasteiger partial charge in [0.1, 0.15) is 10.0 Å². The normalized spacial score (nSPS) is 16.8. The predicted octanol–water partition coefficient (Wildman–Crippen LogP) is 3.06. The van der Waals surface area contributed by atoms with Crippen LogP contribution in [0.15, 0.2) is 0 Å². The highest BCUT2D eigenvalue weighted by atomic mass is 32.2. The van der Waals surface area contributed by atoms with E-state index >= 15 is 0 Å². The monoisotopic (exact) mass is 214 g/mol. The molecule has 1 saturated carbocycles. The zero-order valence-electron chi connectivity index (χ0n) is 7.99. The maximum atomic E-state index is 4.21. The molecule has 0 atom stereocenters. The lowest BCUT2D eigenvalue weighted by Crippen LogP contribution is -1.87. The van der Waals surface area contributed by atoms with E-state index in [4.69, 9.17) is 0 Å². The zero-order chi connectivity index (χ0) is 9.26. The second-order valence-electron chi connectivity index (χ2n) is 3.67. The molecular formula is C9H14N2S2. The predicted molar refractivity (Wildman–Crippen MR) is 58.3 cm³/mol. The molecule has 4 heteroatoms. The molecule has 72 valence electrons. The quantitative estimate of drug-likeness (QED) is 0.770. The Bertz CT molecular complexity index is 279. The highest BCUT2D eigenvalue weighted by molar-refractivity contribution is 7.99. The lowest BCUT2D eigenvalue weighted by molar-refractivity contribution is 0.954. The molecule has 2 nitrogen and oxygen atoms in total. The van der Waals surface area contributed by atoms with E-state index in [-0.39, 0.29) is 0 Å². The second-order valence-corrected chi connectivity index (χ2v) is 6.33. The first-order valence-corrected chi connectivity index (χ1v) is 6.56. The van der Waals surface area contributed by atoms with Crippen LogP contribution >= 0.6 is 23.1 Å². The van der Waals surface area contributed by atoms with E-state index in [1.54, 1.807) is 11.3 Å². The van der Waals surface area contributed by atoms with E-state index in [0.29, 0.717) is 5.25 Å². The first-order chi connectivity index (χ1) is 6.25. The summed E-state index contributed by atoms with van der Waals surface area (Å²) in [7, 11) is 0. The second kappa shape index (κ2) is 3.96. The average Bonchev–Trinajstić information content (AvgIpc) is 2.83. The SMILES string of the molecule is CC(C)SCc1nnc(C2CC2)s1. The molecule has 0 unspecified atom stereocenters. The molecule has 0 spiro atoms. The average molecular weight is 214 g/mol. The first-order valence-electron chi connectivity index (χ1n) is 4.69. The summed E-state index contributed by atoms with van der Waals surface area (Å²) in [6, 6.07) is 0. The lowest BCUT2D eigenvalue weighted by Gasteiger charge is -1.99. The summed E-state index contributed by atoms with van der Waals surface area (Å²) in [6.07, 6.45) is 2.65. The fourth-order valence-corrected chi connectivity index (χ4v) is 2.84. The molecule has 1 aromatic rings. The third-order valence-electron chi connectivity index (χ3n) is 1.95. The Morgan fingerprint density at radius 3 is 2.85 bits per heavy atom. The Morgan fingerprint density at radius 1 is 1.46 bits per heavy atom. The number of rotatable bonds is 4. The summed E-state index contributed by atoms with van der Waals surface area (Å²) in [5, 5.41) is 11.6. The van der Waals surface area contributed by atoms with Gasteiger partial charge in [-0.1, -0.05) is 13.8 Å². The lowest BCUT2D eigenvalue weighted by atomic mass is 10.5. The largest absolute Gasteiger partial charge is 0.152 e. The highest BCUT2D eigenvalue weighted by Gasteiger charge is 2.27. The van der Waals surface area contributed by atoms with Gasteiger partial charge in [-0.15, -0.1) is 21.5 Å². The summed E-state index contributed by atoms with van der Waals surface area (Å²) in [5.41, 5.74) is 0. The summed E-state index contributed by atoms with van der Waals surface area (Å²) in [4.78, 5) is 0. The minimum atomic E-state index is 0.688. The van der Waals surface area contributed by atoms with Gasteiger partial charge >= 0.3 is 0 Å². The first kappa shape index (κ1) is 9.46. The van der Waals surface area contributed by atoms with Gasteiger partial charge < -0.3 is 0 Å². The van der Waals surface area contributed by atoms with Gasteiger partial charge in [-0.3, -0.25) is 0 Å². The van der Waals surface area contributed by atoms with Crippen LogP contribution in [0.4, 0.5) is 0 Å². The van der Waals surface area contributed by atoms with E-state index in [9.17, 15) is 0 Å². The van der Waals surface area contributed by atoms with Crippen molar-refractivity contribution in [2.75, 3.05) is 0 Å². The highest BCUT2D eigenvalue weighted by Crippen LogP contribution is 2.41. The van der Waals surface area contributed by atoms with Crippen molar-refractivity contribution < 1.29 is 0 Å². The zero-order valence-corrected chi connectivity index (χ0v) is 9.62. The van der Waals surface area contributed by atoms with Gasteiger partial charge in [0, 0.05) is 11.7 Å². The van der Waals surface area contributed by atoms with Crippen LogP contribution in [-0.4, -0.2) is 15.4 Å². The molecule has 2 rings (SSSR count). The maximum absolute atomic E-state index is 4.21. The molecule has 1 fully saturated rings. The van der Waals surface area contributed by atoms with Gasteiger partial charge in [0.05, 0.1) is 0 Å². The summed E-state index contributed by atoms with van der Waals surface area (Å²) >= 11 is 3.74. The third kappa shape index (κ3) is 2.68. The summed E-state index contributed by atoms with van der Waals surface area (Å²) in [5.74, 6) is 1.79. The Labute approximate surface area is 87.2 Å².